The van der Waals surface area contributed by atoms with E-state index in [0.717, 1.165) is 17.7 Å². The van der Waals surface area contributed by atoms with Crippen molar-refractivity contribution in [2.24, 2.45) is 0 Å². The summed E-state index contributed by atoms with van der Waals surface area (Å²) in [6.45, 7) is 3.33. The van der Waals surface area contributed by atoms with Gasteiger partial charge in [-0.1, -0.05) is 25.1 Å². The van der Waals surface area contributed by atoms with Gasteiger partial charge in [0.2, 0.25) is 0 Å². The van der Waals surface area contributed by atoms with Crippen molar-refractivity contribution in [3.8, 4) is 0 Å². The average molecular weight is 258 g/mol. The summed E-state index contributed by atoms with van der Waals surface area (Å²) in [5.74, 6) is 0. The molecule has 0 spiro atoms. The summed E-state index contributed by atoms with van der Waals surface area (Å²) in [6.07, 6.45) is 4.56. The Morgan fingerprint density at radius 1 is 1.32 bits per heavy atom. The fraction of sp³-hybridized carbons (Fsp3) is 0.286. The van der Waals surface area contributed by atoms with Crippen LogP contribution >= 0.6 is 0 Å². The second kappa shape index (κ2) is 6.58. The molecule has 0 atom stereocenters. The number of nitrogens with zero attached hydrogens (tertiary/aromatic N) is 2. The highest BCUT2D eigenvalue weighted by Gasteiger charge is 2.06. The Morgan fingerprint density at radius 3 is 2.89 bits per heavy atom. The Morgan fingerprint density at radius 2 is 2.16 bits per heavy atom. The molecule has 2 N–H and O–H groups in total. The number of hydrogen-bond donors (Lipinski definition) is 2. The van der Waals surface area contributed by atoms with E-state index in [9.17, 15) is 4.79 Å². The van der Waals surface area contributed by atoms with E-state index in [-0.39, 0.29) is 6.03 Å². The van der Waals surface area contributed by atoms with Crippen molar-refractivity contribution in [2.45, 2.75) is 19.9 Å². The summed E-state index contributed by atoms with van der Waals surface area (Å²) in [4.78, 5) is 11.7. The van der Waals surface area contributed by atoms with Crippen LogP contribution in [0.3, 0.4) is 0 Å². The molecule has 100 valence electrons. The van der Waals surface area contributed by atoms with Crippen molar-refractivity contribution in [2.75, 3.05) is 11.9 Å². The minimum Gasteiger partial charge on any atom is -0.338 e. The second-order valence-electron chi connectivity index (χ2n) is 4.24. The van der Waals surface area contributed by atoms with E-state index in [2.05, 4.69) is 15.7 Å². The van der Waals surface area contributed by atoms with Gasteiger partial charge in [-0.05, 0) is 24.1 Å². The summed E-state index contributed by atoms with van der Waals surface area (Å²) in [7, 11) is 0. The Balaban J connectivity index is 2.05. The van der Waals surface area contributed by atoms with Crippen LogP contribution in [0.1, 0.15) is 18.9 Å². The lowest BCUT2D eigenvalue weighted by molar-refractivity contribution is 0.252. The number of benzene rings is 1. The molecule has 0 fully saturated rings. The fourth-order valence-electron chi connectivity index (χ4n) is 1.75. The maximum atomic E-state index is 11.7. The van der Waals surface area contributed by atoms with Gasteiger partial charge in [-0.15, -0.1) is 0 Å². The Bertz CT molecular complexity index is 522. The molecule has 0 radical (unpaired) electrons. The lowest BCUT2D eigenvalue weighted by atomic mass is 10.2. The zero-order chi connectivity index (χ0) is 13.5. The molecule has 5 nitrogen and oxygen atoms in total. The molecular weight excluding hydrogens is 240 g/mol. The third-order valence-electron chi connectivity index (χ3n) is 2.69. The number of para-hydroxylation sites is 1. The number of carbonyl (C=O) groups excluding carboxylic acids is 1. The zero-order valence-electron chi connectivity index (χ0n) is 11.0. The molecule has 1 aromatic carbocycles. The summed E-state index contributed by atoms with van der Waals surface area (Å²) in [6, 6.07) is 9.44. The predicted octanol–water partition coefficient (Wildman–Crippen LogP) is 2.46. The van der Waals surface area contributed by atoms with E-state index in [1.54, 1.807) is 6.20 Å². The lowest BCUT2D eigenvalue weighted by Crippen LogP contribution is -2.29. The fourth-order valence-corrected chi connectivity index (χ4v) is 1.75. The van der Waals surface area contributed by atoms with Crippen molar-refractivity contribution in [3.63, 3.8) is 0 Å². The Labute approximate surface area is 112 Å². The van der Waals surface area contributed by atoms with Crippen LogP contribution in [-0.4, -0.2) is 22.4 Å². The molecule has 1 heterocycles. The first-order valence-electron chi connectivity index (χ1n) is 6.39. The first-order chi connectivity index (χ1) is 9.29. The molecule has 1 aromatic heterocycles. The van der Waals surface area contributed by atoms with Gasteiger partial charge in [-0.3, -0.25) is 4.68 Å². The van der Waals surface area contributed by atoms with Crippen LogP contribution in [0.2, 0.25) is 0 Å². The third kappa shape index (κ3) is 3.84. The normalized spacial score (nSPS) is 10.2. The van der Waals surface area contributed by atoms with Crippen molar-refractivity contribution < 1.29 is 4.79 Å². The molecule has 0 bridgehead atoms. The molecule has 0 unspecified atom stereocenters. The van der Waals surface area contributed by atoms with Gasteiger partial charge < -0.3 is 10.6 Å². The quantitative estimate of drug-likeness (QED) is 0.865. The highest BCUT2D eigenvalue weighted by atomic mass is 16.2. The lowest BCUT2D eigenvalue weighted by Gasteiger charge is -2.11. The predicted molar refractivity (Wildman–Crippen MR) is 75.1 cm³/mol. The summed E-state index contributed by atoms with van der Waals surface area (Å²) in [5, 5.41) is 9.83. The first kappa shape index (κ1) is 13.1. The van der Waals surface area contributed by atoms with Crippen LogP contribution in [0, 0.1) is 0 Å². The number of urea groups is 1. The van der Waals surface area contributed by atoms with Gasteiger partial charge in [0.15, 0.2) is 0 Å². The minimum atomic E-state index is -0.172. The van der Waals surface area contributed by atoms with Crippen molar-refractivity contribution >= 4 is 11.7 Å². The molecule has 0 aliphatic carbocycles. The number of hydrogen-bond acceptors (Lipinski definition) is 2. The number of anilines is 1. The molecule has 2 amide bonds. The van der Waals surface area contributed by atoms with E-state index >= 15 is 0 Å². The molecule has 2 aromatic rings. The molecule has 0 saturated heterocycles. The highest BCUT2D eigenvalue weighted by molar-refractivity contribution is 5.90. The second-order valence-corrected chi connectivity index (χ2v) is 4.24. The maximum absolute atomic E-state index is 11.7. The third-order valence-corrected chi connectivity index (χ3v) is 2.69. The molecule has 0 saturated carbocycles. The molecule has 2 rings (SSSR count). The number of amides is 2. The smallest absolute Gasteiger partial charge is 0.319 e. The van der Waals surface area contributed by atoms with Gasteiger partial charge in [0, 0.05) is 24.6 Å². The molecule has 19 heavy (non-hydrogen) atoms. The Hall–Kier alpha value is -2.30. The summed E-state index contributed by atoms with van der Waals surface area (Å²) in [5.41, 5.74) is 1.84. The van der Waals surface area contributed by atoms with E-state index in [0.29, 0.717) is 13.1 Å². The van der Waals surface area contributed by atoms with Crippen LogP contribution in [0.25, 0.3) is 0 Å². The molecule has 0 aliphatic rings. The van der Waals surface area contributed by atoms with Crippen molar-refractivity contribution in [1.82, 2.24) is 15.1 Å². The van der Waals surface area contributed by atoms with Crippen molar-refractivity contribution in [1.29, 1.82) is 0 Å². The Kier molecular flexibility index (Phi) is 4.55. The van der Waals surface area contributed by atoms with Crippen LogP contribution in [0.4, 0.5) is 10.5 Å². The number of rotatable bonds is 5. The average Bonchev–Trinajstić information content (AvgIpc) is 2.91. The van der Waals surface area contributed by atoms with Gasteiger partial charge in [0.05, 0.1) is 6.54 Å². The number of aromatic nitrogens is 2. The van der Waals surface area contributed by atoms with Gasteiger partial charge >= 0.3 is 6.03 Å². The van der Waals surface area contributed by atoms with E-state index in [1.165, 1.54) is 0 Å². The SMILES string of the molecule is CCCNC(=O)Nc1ccccc1Cn1cccn1. The van der Waals surface area contributed by atoms with Gasteiger partial charge in [0.1, 0.15) is 0 Å². The molecular formula is C14H18N4O. The zero-order valence-corrected chi connectivity index (χ0v) is 11.0. The highest BCUT2D eigenvalue weighted by Crippen LogP contribution is 2.15. The topological polar surface area (TPSA) is 59.0 Å². The molecule has 5 heteroatoms. The number of nitrogens with one attached hydrogen (secondary N) is 2. The van der Waals surface area contributed by atoms with Crippen LogP contribution in [-0.2, 0) is 6.54 Å². The van der Waals surface area contributed by atoms with Crippen molar-refractivity contribution in [3.05, 3.63) is 48.3 Å². The van der Waals surface area contributed by atoms with E-state index < -0.39 is 0 Å². The monoisotopic (exact) mass is 258 g/mol. The van der Waals surface area contributed by atoms with Gasteiger partial charge in [-0.25, -0.2) is 4.79 Å². The van der Waals surface area contributed by atoms with E-state index in [4.69, 9.17) is 0 Å². The van der Waals surface area contributed by atoms with Gasteiger partial charge in [0.25, 0.3) is 0 Å². The largest absolute Gasteiger partial charge is 0.338 e. The van der Waals surface area contributed by atoms with Crippen LogP contribution < -0.4 is 10.6 Å². The van der Waals surface area contributed by atoms with E-state index in [1.807, 2.05) is 48.1 Å². The summed E-state index contributed by atoms with van der Waals surface area (Å²) < 4.78 is 1.82. The van der Waals surface area contributed by atoms with Crippen LogP contribution in [0.15, 0.2) is 42.7 Å². The van der Waals surface area contributed by atoms with Crippen LogP contribution in [0.5, 0.6) is 0 Å². The minimum absolute atomic E-state index is 0.172. The first-order valence-corrected chi connectivity index (χ1v) is 6.39. The molecule has 0 aliphatic heterocycles. The standard InChI is InChI=1S/C14H18N4O/c1-2-8-15-14(19)17-13-7-4-3-6-12(13)11-18-10-5-9-16-18/h3-7,9-10H,2,8,11H2,1H3,(H2,15,17,19). The summed E-state index contributed by atoms with van der Waals surface area (Å²) >= 11 is 0. The maximum Gasteiger partial charge on any atom is 0.319 e. The number of carbonyl (C=O) groups is 1. The van der Waals surface area contributed by atoms with Gasteiger partial charge in [-0.2, -0.15) is 5.10 Å².